The molecule has 0 fully saturated rings. The zero-order valence-corrected chi connectivity index (χ0v) is 18.6. The fourth-order valence-corrected chi connectivity index (χ4v) is 3.78. The molecule has 1 heterocycles. The van der Waals surface area contributed by atoms with Crippen molar-refractivity contribution in [2.24, 2.45) is 0 Å². The number of aromatic nitrogens is 2. The summed E-state index contributed by atoms with van der Waals surface area (Å²) < 4.78 is 19.5. The molecule has 2 rings (SSSR count). The van der Waals surface area contributed by atoms with E-state index in [1.54, 1.807) is 11.8 Å². The lowest BCUT2D eigenvalue weighted by molar-refractivity contribution is 0.0384. The van der Waals surface area contributed by atoms with Crippen LogP contribution in [0, 0.1) is 6.92 Å². The van der Waals surface area contributed by atoms with Crippen molar-refractivity contribution in [1.82, 2.24) is 9.78 Å². The first-order chi connectivity index (χ1) is 12.6. The van der Waals surface area contributed by atoms with Crippen LogP contribution in [0.25, 0.3) is 5.69 Å². The molecule has 0 aliphatic heterocycles. The lowest BCUT2D eigenvalue weighted by Gasteiger charge is -2.39. The molecule has 2 aromatic rings. The molecule has 0 aliphatic rings. The molecule has 1 aromatic carbocycles. The van der Waals surface area contributed by atoms with Crippen LogP contribution in [-0.2, 0) is 9.16 Å². The lowest BCUT2D eigenvalue weighted by Crippen LogP contribution is -2.46. The Kier molecular flexibility index (Phi) is 6.72. The molecular weight excluding hydrogens is 358 g/mol. The van der Waals surface area contributed by atoms with Gasteiger partial charge in [-0.1, -0.05) is 39.0 Å². The standard InChI is InChI=1S/C20H33N3O3Si/c1-15-18(21)23(16-11-9-8-10-12-16)22-19(15)25-14-17(13-24-5)26-27(6,7)20(2,3)4/h8-12,17H,13-14,21H2,1-7H3/t17-/m0/s1. The normalized spacial score (nSPS) is 13.6. The molecule has 6 nitrogen and oxygen atoms in total. The van der Waals surface area contributed by atoms with Gasteiger partial charge in [0.2, 0.25) is 5.88 Å². The Morgan fingerprint density at radius 3 is 2.33 bits per heavy atom. The van der Waals surface area contributed by atoms with Crippen LogP contribution >= 0.6 is 0 Å². The van der Waals surface area contributed by atoms with Crippen LogP contribution in [0.15, 0.2) is 30.3 Å². The van der Waals surface area contributed by atoms with Gasteiger partial charge >= 0.3 is 0 Å². The summed E-state index contributed by atoms with van der Waals surface area (Å²) in [5, 5.41) is 4.66. The quantitative estimate of drug-likeness (QED) is 0.684. The number of anilines is 1. The van der Waals surface area contributed by atoms with Crippen molar-refractivity contribution >= 4 is 14.1 Å². The van der Waals surface area contributed by atoms with Gasteiger partial charge in [0.25, 0.3) is 0 Å². The molecule has 150 valence electrons. The molecule has 0 bridgehead atoms. The maximum Gasteiger partial charge on any atom is 0.238 e. The molecule has 27 heavy (non-hydrogen) atoms. The smallest absolute Gasteiger partial charge is 0.238 e. The SMILES string of the molecule is COC[C@@H](COc1nn(-c2ccccc2)c(N)c1C)O[Si](C)(C)C(C)(C)C. The van der Waals surface area contributed by atoms with Gasteiger partial charge in [0.15, 0.2) is 8.32 Å². The Morgan fingerprint density at radius 2 is 1.78 bits per heavy atom. The molecule has 0 aliphatic carbocycles. The lowest BCUT2D eigenvalue weighted by atomic mass is 10.2. The van der Waals surface area contributed by atoms with Crippen LogP contribution in [-0.4, -0.2) is 44.5 Å². The average molecular weight is 392 g/mol. The summed E-state index contributed by atoms with van der Waals surface area (Å²) in [6, 6.07) is 9.78. The van der Waals surface area contributed by atoms with Gasteiger partial charge < -0.3 is 19.6 Å². The first-order valence-electron chi connectivity index (χ1n) is 9.27. The van der Waals surface area contributed by atoms with Crippen molar-refractivity contribution in [3.63, 3.8) is 0 Å². The summed E-state index contributed by atoms with van der Waals surface area (Å²) in [6.07, 6.45) is -0.154. The molecule has 0 saturated carbocycles. The molecule has 2 N–H and O–H groups in total. The summed E-state index contributed by atoms with van der Waals surface area (Å²) in [5.74, 6) is 1.10. The largest absolute Gasteiger partial charge is 0.474 e. The van der Waals surface area contributed by atoms with Crippen molar-refractivity contribution < 1.29 is 13.9 Å². The predicted octanol–water partition coefficient (Wildman–Crippen LogP) is 4.18. The Bertz CT molecular complexity index is 739. The molecule has 0 spiro atoms. The minimum Gasteiger partial charge on any atom is -0.474 e. The number of nitrogen functional groups attached to an aromatic ring is 1. The van der Waals surface area contributed by atoms with Crippen LogP contribution in [0.4, 0.5) is 5.82 Å². The minimum absolute atomic E-state index is 0.119. The van der Waals surface area contributed by atoms with Crippen molar-refractivity contribution in [2.75, 3.05) is 26.1 Å². The van der Waals surface area contributed by atoms with E-state index in [4.69, 9.17) is 19.6 Å². The fourth-order valence-electron chi connectivity index (χ4n) is 2.46. The highest BCUT2D eigenvalue weighted by Crippen LogP contribution is 2.37. The van der Waals surface area contributed by atoms with Gasteiger partial charge in [0.1, 0.15) is 18.5 Å². The maximum atomic E-state index is 6.45. The third kappa shape index (κ3) is 5.12. The molecule has 0 saturated heterocycles. The number of benzene rings is 1. The number of nitrogens with two attached hydrogens (primary N) is 1. The highest BCUT2D eigenvalue weighted by atomic mass is 28.4. The predicted molar refractivity (Wildman–Crippen MR) is 112 cm³/mol. The van der Waals surface area contributed by atoms with E-state index in [9.17, 15) is 0 Å². The van der Waals surface area contributed by atoms with E-state index in [1.807, 2.05) is 37.3 Å². The Hall–Kier alpha value is -1.83. The van der Waals surface area contributed by atoms with E-state index < -0.39 is 8.32 Å². The fraction of sp³-hybridized carbons (Fsp3) is 0.550. The highest BCUT2D eigenvalue weighted by Gasteiger charge is 2.39. The number of nitrogens with zero attached hydrogens (tertiary/aromatic N) is 2. The molecule has 1 atom stereocenters. The van der Waals surface area contributed by atoms with Crippen molar-refractivity contribution in [1.29, 1.82) is 0 Å². The first-order valence-corrected chi connectivity index (χ1v) is 12.2. The number of hydrogen-bond donors (Lipinski definition) is 1. The van der Waals surface area contributed by atoms with Gasteiger partial charge in [-0.15, -0.1) is 5.10 Å². The average Bonchev–Trinajstić information content (AvgIpc) is 2.88. The topological polar surface area (TPSA) is 71.5 Å². The van der Waals surface area contributed by atoms with Crippen LogP contribution < -0.4 is 10.5 Å². The number of rotatable bonds is 8. The second-order valence-corrected chi connectivity index (χ2v) is 13.1. The van der Waals surface area contributed by atoms with Crippen molar-refractivity contribution in [3.8, 4) is 11.6 Å². The van der Waals surface area contributed by atoms with E-state index in [0.717, 1.165) is 11.3 Å². The summed E-state index contributed by atoms with van der Waals surface area (Å²) >= 11 is 0. The summed E-state index contributed by atoms with van der Waals surface area (Å²) in [6.45, 7) is 13.9. The first kappa shape index (κ1) is 21.5. The molecule has 7 heteroatoms. The van der Waals surface area contributed by atoms with Crippen LogP contribution in [0.1, 0.15) is 26.3 Å². The maximum absolute atomic E-state index is 6.45. The zero-order chi connectivity index (χ0) is 20.2. The van der Waals surface area contributed by atoms with Gasteiger partial charge in [0, 0.05) is 7.11 Å². The zero-order valence-electron chi connectivity index (χ0n) is 17.6. The summed E-state index contributed by atoms with van der Waals surface area (Å²) in [7, 11) is -0.250. The second kappa shape index (κ2) is 8.46. The molecule has 0 amide bonds. The van der Waals surface area contributed by atoms with Crippen molar-refractivity contribution in [3.05, 3.63) is 35.9 Å². The monoisotopic (exact) mass is 391 g/mol. The van der Waals surface area contributed by atoms with Gasteiger partial charge in [-0.2, -0.15) is 0 Å². The van der Waals surface area contributed by atoms with E-state index >= 15 is 0 Å². The molecular formula is C20H33N3O3Si. The second-order valence-electron chi connectivity index (χ2n) is 8.33. The van der Waals surface area contributed by atoms with Crippen LogP contribution in [0.3, 0.4) is 0 Å². The number of methoxy groups -OCH3 is 1. The van der Waals surface area contributed by atoms with Crippen LogP contribution in [0.5, 0.6) is 5.88 Å². The number of ether oxygens (including phenoxy) is 2. The minimum atomic E-state index is -1.93. The third-order valence-corrected chi connectivity index (χ3v) is 9.69. The molecule has 1 aromatic heterocycles. The number of para-hydroxylation sites is 1. The number of hydrogen-bond acceptors (Lipinski definition) is 5. The van der Waals surface area contributed by atoms with Gasteiger partial charge in [-0.3, -0.25) is 0 Å². The van der Waals surface area contributed by atoms with E-state index in [-0.39, 0.29) is 11.1 Å². The van der Waals surface area contributed by atoms with Crippen LogP contribution in [0.2, 0.25) is 18.1 Å². The van der Waals surface area contributed by atoms with E-state index in [1.165, 1.54) is 0 Å². The Balaban J connectivity index is 2.14. The van der Waals surface area contributed by atoms with E-state index in [2.05, 4.69) is 39.0 Å². The summed E-state index contributed by atoms with van der Waals surface area (Å²) in [4.78, 5) is 0. The van der Waals surface area contributed by atoms with Gasteiger partial charge in [-0.05, 0) is 37.2 Å². The highest BCUT2D eigenvalue weighted by molar-refractivity contribution is 6.74. The van der Waals surface area contributed by atoms with Gasteiger partial charge in [0.05, 0.1) is 17.9 Å². The molecule has 0 unspecified atom stereocenters. The van der Waals surface area contributed by atoms with E-state index in [0.29, 0.717) is 24.9 Å². The van der Waals surface area contributed by atoms with Gasteiger partial charge in [-0.25, -0.2) is 4.68 Å². The summed E-state index contributed by atoms with van der Waals surface area (Å²) in [5.41, 5.74) is 7.95. The third-order valence-electron chi connectivity index (χ3n) is 5.15. The Morgan fingerprint density at radius 1 is 1.15 bits per heavy atom. The molecule has 0 radical (unpaired) electrons. The Labute approximate surface area is 163 Å². The van der Waals surface area contributed by atoms with Crippen molar-refractivity contribution in [2.45, 2.75) is 51.9 Å².